The smallest absolute Gasteiger partial charge is 0.0960 e. The predicted molar refractivity (Wildman–Crippen MR) is 57.5 cm³/mol. The Bertz CT molecular complexity index is 291. The Hall–Kier alpha value is -0.530. The molecular weight excluding hydrogens is 248 g/mol. The fourth-order valence-electron chi connectivity index (χ4n) is 0.776. The number of rotatable bonds is 4. The molecule has 0 aliphatic heterocycles. The largest absolute Gasteiger partial charge is 0.249 e. The van der Waals surface area contributed by atoms with E-state index in [-0.39, 0.29) is 0 Å². The van der Waals surface area contributed by atoms with Gasteiger partial charge in [0.15, 0.2) is 0 Å². The van der Waals surface area contributed by atoms with Crippen LogP contribution in [0.15, 0.2) is 27.8 Å². The van der Waals surface area contributed by atoms with Crippen LogP contribution in [0.2, 0.25) is 0 Å². The van der Waals surface area contributed by atoms with Crippen molar-refractivity contribution < 1.29 is 0 Å². The third-order valence-electron chi connectivity index (χ3n) is 1.38. The zero-order chi connectivity index (χ0) is 9.52. The standard InChI is InChI=1S/C9H9BrN2S/c10-8-3-4-9(12-7-8)13-6-2-1-5-11/h3-4,7H,1-2,6H2. The highest BCUT2D eigenvalue weighted by atomic mass is 79.9. The predicted octanol–water partition coefficient (Wildman–Crippen LogP) is 3.24. The van der Waals surface area contributed by atoms with E-state index >= 15 is 0 Å². The van der Waals surface area contributed by atoms with Crippen LogP contribution in [0, 0.1) is 11.3 Å². The van der Waals surface area contributed by atoms with Gasteiger partial charge in [0.1, 0.15) is 0 Å². The van der Waals surface area contributed by atoms with E-state index in [9.17, 15) is 0 Å². The lowest BCUT2D eigenvalue weighted by molar-refractivity contribution is 0.977. The number of pyridine rings is 1. The Morgan fingerprint density at radius 2 is 2.38 bits per heavy atom. The van der Waals surface area contributed by atoms with Crippen LogP contribution in [0.1, 0.15) is 12.8 Å². The molecule has 0 bridgehead atoms. The van der Waals surface area contributed by atoms with E-state index in [1.54, 1.807) is 18.0 Å². The maximum atomic E-state index is 8.32. The molecule has 0 fully saturated rings. The molecule has 0 atom stereocenters. The first kappa shape index (κ1) is 10.6. The first-order valence-corrected chi connectivity index (χ1v) is 5.72. The lowest BCUT2D eigenvalue weighted by Crippen LogP contribution is -1.82. The quantitative estimate of drug-likeness (QED) is 0.613. The van der Waals surface area contributed by atoms with Crippen LogP contribution in [-0.4, -0.2) is 10.7 Å². The molecule has 0 radical (unpaired) electrons. The molecule has 0 saturated carbocycles. The summed E-state index contributed by atoms with van der Waals surface area (Å²) in [5.41, 5.74) is 0. The lowest BCUT2D eigenvalue weighted by atomic mass is 10.4. The number of hydrogen-bond donors (Lipinski definition) is 0. The third-order valence-corrected chi connectivity index (χ3v) is 2.88. The van der Waals surface area contributed by atoms with E-state index < -0.39 is 0 Å². The molecule has 0 aromatic carbocycles. The molecule has 1 aromatic rings. The zero-order valence-electron chi connectivity index (χ0n) is 7.03. The molecule has 2 nitrogen and oxygen atoms in total. The molecule has 0 amide bonds. The van der Waals surface area contributed by atoms with Gasteiger partial charge < -0.3 is 0 Å². The lowest BCUT2D eigenvalue weighted by Gasteiger charge is -1.97. The van der Waals surface area contributed by atoms with Crippen molar-refractivity contribution >= 4 is 27.7 Å². The van der Waals surface area contributed by atoms with E-state index in [4.69, 9.17) is 5.26 Å². The summed E-state index contributed by atoms with van der Waals surface area (Å²) in [5.74, 6) is 0.961. The average Bonchev–Trinajstić information content (AvgIpc) is 2.15. The maximum absolute atomic E-state index is 8.32. The second kappa shape index (κ2) is 6.01. The van der Waals surface area contributed by atoms with Crippen molar-refractivity contribution in [3.05, 3.63) is 22.8 Å². The monoisotopic (exact) mass is 256 g/mol. The van der Waals surface area contributed by atoms with Crippen LogP contribution in [0.5, 0.6) is 0 Å². The molecule has 1 heterocycles. The Morgan fingerprint density at radius 1 is 1.54 bits per heavy atom. The summed E-state index contributed by atoms with van der Waals surface area (Å²) in [5, 5.41) is 9.33. The van der Waals surface area contributed by atoms with E-state index in [2.05, 4.69) is 27.0 Å². The number of hydrogen-bond acceptors (Lipinski definition) is 3. The van der Waals surface area contributed by atoms with Gasteiger partial charge >= 0.3 is 0 Å². The SMILES string of the molecule is N#CCCCSc1ccc(Br)cn1. The zero-order valence-corrected chi connectivity index (χ0v) is 9.44. The number of halogens is 1. The van der Waals surface area contributed by atoms with Crippen LogP contribution in [0.3, 0.4) is 0 Å². The summed E-state index contributed by atoms with van der Waals surface area (Å²) in [7, 11) is 0. The summed E-state index contributed by atoms with van der Waals surface area (Å²) in [6.45, 7) is 0. The molecule has 0 aliphatic rings. The van der Waals surface area contributed by atoms with Crippen LogP contribution in [0.25, 0.3) is 0 Å². The topological polar surface area (TPSA) is 36.7 Å². The Kier molecular flexibility index (Phi) is 4.87. The van der Waals surface area contributed by atoms with Gasteiger partial charge in [0.05, 0.1) is 11.1 Å². The van der Waals surface area contributed by atoms with E-state index in [1.165, 1.54) is 0 Å². The molecule has 0 N–H and O–H groups in total. The van der Waals surface area contributed by atoms with Gasteiger partial charge in [-0.1, -0.05) is 0 Å². The van der Waals surface area contributed by atoms with Crippen LogP contribution >= 0.6 is 27.7 Å². The van der Waals surface area contributed by atoms with Crippen molar-refractivity contribution in [2.24, 2.45) is 0 Å². The summed E-state index contributed by atoms with van der Waals surface area (Å²) in [6, 6.07) is 6.07. The molecule has 0 saturated heterocycles. The highest BCUT2D eigenvalue weighted by Crippen LogP contribution is 2.18. The van der Waals surface area contributed by atoms with Gasteiger partial charge in [-0.25, -0.2) is 4.98 Å². The van der Waals surface area contributed by atoms with Crippen molar-refractivity contribution in [1.29, 1.82) is 5.26 Å². The first-order valence-electron chi connectivity index (χ1n) is 3.94. The van der Waals surface area contributed by atoms with Crippen molar-refractivity contribution in [2.75, 3.05) is 5.75 Å². The van der Waals surface area contributed by atoms with E-state index in [0.717, 1.165) is 21.7 Å². The second-order valence-corrected chi connectivity index (χ2v) is 4.46. The Labute approximate surface area is 90.5 Å². The highest BCUT2D eigenvalue weighted by Gasteiger charge is 1.94. The van der Waals surface area contributed by atoms with Gasteiger partial charge in [-0.05, 0) is 34.5 Å². The normalized spacial score (nSPS) is 9.54. The second-order valence-electron chi connectivity index (χ2n) is 2.42. The fourth-order valence-corrected chi connectivity index (χ4v) is 1.80. The fraction of sp³-hybridized carbons (Fsp3) is 0.333. The van der Waals surface area contributed by atoms with Crippen LogP contribution in [0.4, 0.5) is 0 Å². The van der Waals surface area contributed by atoms with Gasteiger partial charge in [0, 0.05) is 22.8 Å². The van der Waals surface area contributed by atoms with Crippen LogP contribution in [-0.2, 0) is 0 Å². The molecule has 0 spiro atoms. The molecule has 0 aliphatic carbocycles. The third kappa shape index (κ3) is 4.30. The molecule has 1 rings (SSSR count). The molecule has 0 unspecified atom stereocenters. The molecule has 4 heteroatoms. The first-order chi connectivity index (χ1) is 6.33. The van der Waals surface area contributed by atoms with Crippen molar-refractivity contribution in [3.63, 3.8) is 0 Å². The van der Waals surface area contributed by atoms with Gasteiger partial charge in [-0.2, -0.15) is 5.26 Å². The van der Waals surface area contributed by atoms with Crippen molar-refractivity contribution in [3.8, 4) is 6.07 Å². The van der Waals surface area contributed by atoms with Gasteiger partial charge in [0.2, 0.25) is 0 Å². The maximum Gasteiger partial charge on any atom is 0.0960 e. The Morgan fingerprint density at radius 3 is 3.00 bits per heavy atom. The summed E-state index contributed by atoms with van der Waals surface area (Å²) >= 11 is 5.01. The number of aromatic nitrogens is 1. The van der Waals surface area contributed by atoms with Crippen molar-refractivity contribution in [1.82, 2.24) is 4.98 Å². The summed E-state index contributed by atoms with van der Waals surface area (Å²) in [4.78, 5) is 4.21. The summed E-state index contributed by atoms with van der Waals surface area (Å²) in [6.07, 6.45) is 3.34. The molecule has 1 aromatic heterocycles. The number of nitrogens with zero attached hydrogens (tertiary/aromatic N) is 2. The molecule has 13 heavy (non-hydrogen) atoms. The van der Waals surface area contributed by atoms with Gasteiger partial charge in [0.25, 0.3) is 0 Å². The van der Waals surface area contributed by atoms with E-state index in [0.29, 0.717) is 6.42 Å². The van der Waals surface area contributed by atoms with Crippen LogP contribution < -0.4 is 0 Å². The van der Waals surface area contributed by atoms with Gasteiger partial charge in [-0.3, -0.25) is 0 Å². The Balaban J connectivity index is 2.30. The number of unbranched alkanes of at least 4 members (excludes halogenated alkanes) is 1. The average molecular weight is 257 g/mol. The van der Waals surface area contributed by atoms with Gasteiger partial charge in [-0.15, -0.1) is 11.8 Å². The minimum absolute atomic E-state index is 0.629. The minimum atomic E-state index is 0.629. The molecular formula is C9H9BrN2S. The highest BCUT2D eigenvalue weighted by molar-refractivity contribution is 9.10. The van der Waals surface area contributed by atoms with E-state index in [1.807, 2.05) is 12.1 Å². The summed E-state index contributed by atoms with van der Waals surface area (Å²) < 4.78 is 0.994. The van der Waals surface area contributed by atoms with Crippen molar-refractivity contribution in [2.45, 2.75) is 17.9 Å². The number of thioether (sulfide) groups is 1. The minimum Gasteiger partial charge on any atom is -0.249 e. The number of nitriles is 1. The molecule has 68 valence electrons.